The van der Waals surface area contributed by atoms with Crippen molar-refractivity contribution in [3.05, 3.63) is 63.2 Å². The SMILES string of the molecule is O=C1N[C@@H](c2ccc(I)cc2)Oc2ccccc21. The van der Waals surface area contributed by atoms with Gasteiger partial charge in [-0.3, -0.25) is 4.79 Å². The highest BCUT2D eigenvalue weighted by Gasteiger charge is 2.25. The van der Waals surface area contributed by atoms with Gasteiger partial charge in [0.15, 0.2) is 6.23 Å². The predicted octanol–water partition coefficient (Wildman–Crippen LogP) is 3.11. The van der Waals surface area contributed by atoms with Gasteiger partial charge in [0.2, 0.25) is 0 Å². The van der Waals surface area contributed by atoms with E-state index in [1.54, 1.807) is 6.07 Å². The Kier molecular flexibility index (Phi) is 2.95. The second kappa shape index (κ2) is 4.61. The van der Waals surface area contributed by atoms with Crippen molar-refractivity contribution < 1.29 is 9.53 Å². The molecule has 0 bridgehead atoms. The molecule has 1 N–H and O–H groups in total. The van der Waals surface area contributed by atoms with Crippen molar-refractivity contribution in [2.45, 2.75) is 6.23 Å². The Bertz CT molecular complexity index is 595. The first-order valence-electron chi connectivity index (χ1n) is 5.56. The summed E-state index contributed by atoms with van der Waals surface area (Å²) in [7, 11) is 0. The predicted molar refractivity (Wildman–Crippen MR) is 76.4 cm³/mol. The van der Waals surface area contributed by atoms with Gasteiger partial charge in [-0.15, -0.1) is 0 Å². The number of para-hydroxylation sites is 1. The monoisotopic (exact) mass is 351 g/mol. The highest BCUT2D eigenvalue weighted by Crippen LogP contribution is 2.28. The minimum absolute atomic E-state index is 0.0969. The van der Waals surface area contributed by atoms with Gasteiger partial charge in [-0.2, -0.15) is 0 Å². The number of rotatable bonds is 1. The summed E-state index contributed by atoms with van der Waals surface area (Å²) in [6, 6.07) is 15.2. The van der Waals surface area contributed by atoms with Crippen molar-refractivity contribution in [1.29, 1.82) is 0 Å². The summed E-state index contributed by atoms with van der Waals surface area (Å²) in [5, 5.41) is 2.84. The molecule has 1 amide bonds. The lowest BCUT2D eigenvalue weighted by atomic mass is 10.1. The quantitative estimate of drug-likeness (QED) is 0.802. The molecule has 0 saturated heterocycles. The molecule has 1 atom stereocenters. The maximum absolute atomic E-state index is 11.9. The zero-order chi connectivity index (χ0) is 12.5. The van der Waals surface area contributed by atoms with Crippen LogP contribution in [-0.2, 0) is 0 Å². The summed E-state index contributed by atoms with van der Waals surface area (Å²) in [4.78, 5) is 11.9. The van der Waals surface area contributed by atoms with Gasteiger partial charge in [0, 0.05) is 9.13 Å². The average Bonchev–Trinajstić information content (AvgIpc) is 2.39. The number of amides is 1. The first-order chi connectivity index (χ1) is 8.74. The number of nitrogens with one attached hydrogen (secondary N) is 1. The summed E-state index contributed by atoms with van der Waals surface area (Å²) in [6.45, 7) is 0. The molecule has 2 aromatic carbocycles. The number of halogens is 1. The van der Waals surface area contributed by atoms with Crippen molar-refractivity contribution in [2.24, 2.45) is 0 Å². The number of carbonyl (C=O) groups excluding carboxylic acids is 1. The van der Waals surface area contributed by atoms with Crippen LogP contribution in [-0.4, -0.2) is 5.91 Å². The van der Waals surface area contributed by atoms with Gasteiger partial charge < -0.3 is 10.1 Å². The van der Waals surface area contributed by atoms with E-state index in [4.69, 9.17) is 4.74 Å². The molecule has 3 nitrogen and oxygen atoms in total. The summed E-state index contributed by atoms with van der Waals surface area (Å²) < 4.78 is 6.95. The van der Waals surface area contributed by atoms with E-state index in [0.717, 1.165) is 9.13 Å². The largest absolute Gasteiger partial charge is 0.466 e. The maximum Gasteiger partial charge on any atom is 0.258 e. The van der Waals surface area contributed by atoms with E-state index in [0.29, 0.717) is 11.3 Å². The zero-order valence-corrected chi connectivity index (χ0v) is 11.5. The Labute approximate surface area is 118 Å². The zero-order valence-electron chi connectivity index (χ0n) is 9.39. The highest BCUT2D eigenvalue weighted by atomic mass is 127. The average molecular weight is 351 g/mol. The normalized spacial score (nSPS) is 17.6. The molecule has 0 fully saturated rings. The fourth-order valence-corrected chi connectivity index (χ4v) is 2.26. The van der Waals surface area contributed by atoms with Gasteiger partial charge in [0.1, 0.15) is 5.75 Å². The Morgan fingerprint density at radius 1 is 1.06 bits per heavy atom. The minimum atomic E-state index is -0.413. The molecule has 0 unspecified atom stereocenters. The number of hydrogen-bond acceptors (Lipinski definition) is 2. The van der Waals surface area contributed by atoms with Crippen LogP contribution in [0.4, 0.5) is 0 Å². The third-order valence-electron chi connectivity index (χ3n) is 2.81. The molecule has 0 spiro atoms. The van der Waals surface area contributed by atoms with Crippen molar-refractivity contribution in [3.63, 3.8) is 0 Å². The molecule has 1 aliphatic rings. The molecule has 3 rings (SSSR count). The smallest absolute Gasteiger partial charge is 0.258 e. The van der Waals surface area contributed by atoms with Crippen LogP contribution in [0.3, 0.4) is 0 Å². The Morgan fingerprint density at radius 2 is 1.78 bits per heavy atom. The molecule has 0 saturated carbocycles. The Morgan fingerprint density at radius 3 is 2.56 bits per heavy atom. The van der Waals surface area contributed by atoms with Crippen molar-refractivity contribution in [3.8, 4) is 5.75 Å². The lowest BCUT2D eigenvalue weighted by molar-refractivity contribution is 0.0756. The third-order valence-corrected chi connectivity index (χ3v) is 3.53. The Balaban J connectivity index is 1.94. The van der Waals surface area contributed by atoms with Crippen LogP contribution >= 0.6 is 22.6 Å². The van der Waals surface area contributed by atoms with E-state index in [9.17, 15) is 4.79 Å². The molecule has 4 heteroatoms. The molecule has 2 aromatic rings. The molecule has 1 heterocycles. The van der Waals surface area contributed by atoms with Gasteiger partial charge in [0.25, 0.3) is 5.91 Å². The van der Waals surface area contributed by atoms with E-state index in [2.05, 4.69) is 27.9 Å². The summed E-state index contributed by atoms with van der Waals surface area (Å²) >= 11 is 2.24. The second-order valence-electron chi connectivity index (χ2n) is 4.02. The molecule has 90 valence electrons. The minimum Gasteiger partial charge on any atom is -0.466 e. The third kappa shape index (κ3) is 2.08. The van der Waals surface area contributed by atoms with Crippen LogP contribution in [0.2, 0.25) is 0 Å². The van der Waals surface area contributed by atoms with Crippen molar-refractivity contribution >= 4 is 28.5 Å². The Hall–Kier alpha value is -1.56. The number of hydrogen-bond donors (Lipinski definition) is 1. The molecule has 0 aromatic heterocycles. The van der Waals surface area contributed by atoms with Crippen LogP contribution < -0.4 is 10.1 Å². The lowest BCUT2D eigenvalue weighted by Gasteiger charge is -2.26. The number of benzene rings is 2. The van der Waals surface area contributed by atoms with Crippen LogP contribution in [0, 0.1) is 3.57 Å². The van der Waals surface area contributed by atoms with Crippen LogP contribution in [0.25, 0.3) is 0 Å². The van der Waals surface area contributed by atoms with Crippen molar-refractivity contribution in [2.75, 3.05) is 0 Å². The topological polar surface area (TPSA) is 38.3 Å². The van der Waals surface area contributed by atoms with Gasteiger partial charge in [-0.1, -0.05) is 24.3 Å². The molecule has 0 radical (unpaired) electrons. The van der Waals surface area contributed by atoms with Gasteiger partial charge in [-0.25, -0.2) is 0 Å². The fourth-order valence-electron chi connectivity index (χ4n) is 1.90. The van der Waals surface area contributed by atoms with E-state index in [-0.39, 0.29) is 5.91 Å². The molecule has 18 heavy (non-hydrogen) atoms. The maximum atomic E-state index is 11.9. The standard InChI is InChI=1S/C14H10INO2/c15-10-7-5-9(6-8-10)14-16-13(17)11-3-1-2-4-12(11)18-14/h1-8,14H,(H,16,17)/t14-/m1/s1. The highest BCUT2D eigenvalue weighted by molar-refractivity contribution is 14.1. The number of fused-ring (bicyclic) bond motifs is 1. The molecule has 1 aliphatic heterocycles. The van der Waals surface area contributed by atoms with Crippen LogP contribution in [0.5, 0.6) is 5.75 Å². The summed E-state index contributed by atoms with van der Waals surface area (Å²) in [6.07, 6.45) is -0.413. The van der Waals surface area contributed by atoms with Gasteiger partial charge >= 0.3 is 0 Å². The van der Waals surface area contributed by atoms with Gasteiger partial charge in [0.05, 0.1) is 5.56 Å². The first-order valence-corrected chi connectivity index (χ1v) is 6.64. The lowest BCUT2D eigenvalue weighted by Crippen LogP contribution is -2.36. The van der Waals surface area contributed by atoms with E-state index < -0.39 is 6.23 Å². The second-order valence-corrected chi connectivity index (χ2v) is 5.26. The van der Waals surface area contributed by atoms with Crippen molar-refractivity contribution in [1.82, 2.24) is 5.32 Å². The van der Waals surface area contributed by atoms with Crippen LogP contribution in [0.15, 0.2) is 48.5 Å². The van der Waals surface area contributed by atoms with Gasteiger partial charge in [-0.05, 0) is 46.9 Å². The fraction of sp³-hybridized carbons (Fsp3) is 0.0714. The molecule has 0 aliphatic carbocycles. The summed E-state index contributed by atoms with van der Waals surface area (Å²) in [5.41, 5.74) is 1.53. The molecular weight excluding hydrogens is 341 g/mol. The van der Waals surface area contributed by atoms with Crippen LogP contribution in [0.1, 0.15) is 22.1 Å². The first kappa shape index (κ1) is 11.5. The molecular formula is C14H10INO2. The van der Waals surface area contributed by atoms with E-state index in [1.165, 1.54) is 0 Å². The van der Waals surface area contributed by atoms with E-state index in [1.807, 2.05) is 42.5 Å². The number of ether oxygens (including phenoxy) is 1. The van der Waals surface area contributed by atoms with E-state index >= 15 is 0 Å². The number of carbonyl (C=O) groups is 1. The summed E-state index contributed by atoms with van der Waals surface area (Å²) in [5.74, 6) is 0.533.